The molecular formula is C22H30ClN3O. The van der Waals surface area contributed by atoms with E-state index in [-0.39, 0.29) is 31.2 Å². The minimum atomic E-state index is -0.0675. The largest absolute Gasteiger partial charge is 0.396 e. The Labute approximate surface area is 168 Å². The van der Waals surface area contributed by atoms with Gasteiger partial charge in [-0.2, -0.15) is 0 Å². The number of amidine groups is 1. The predicted octanol–water partition coefficient (Wildman–Crippen LogP) is 4.74. The van der Waals surface area contributed by atoms with Crippen molar-refractivity contribution in [3.8, 4) is 0 Å². The van der Waals surface area contributed by atoms with Crippen LogP contribution in [-0.2, 0) is 0 Å². The quantitative estimate of drug-likeness (QED) is 0.796. The SMILES string of the molecule is Cc1cccc(C)c1N1C(=N)C(C)N(c2c(C)cccc2C)C1CCO.Cl. The normalized spacial score (nSPS) is 19.4. The molecule has 1 heterocycles. The third-order valence-corrected chi connectivity index (χ3v) is 5.46. The highest BCUT2D eigenvalue weighted by molar-refractivity contribution is 6.06. The number of halogens is 1. The molecule has 0 radical (unpaired) electrons. The van der Waals surface area contributed by atoms with E-state index in [0.29, 0.717) is 12.3 Å². The molecule has 0 spiro atoms. The van der Waals surface area contributed by atoms with Crippen LogP contribution in [0.4, 0.5) is 11.4 Å². The molecule has 1 aliphatic heterocycles. The van der Waals surface area contributed by atoms with Crippen LogP contribution in [0.25, 0.3) is 0 Å². The van der Waals surface area contributed by atoms with E-state index in [0.717, 1.165) is 16.8 Å². The van der Waals surface area contributed by atoms with Crippen molar-refractivity contribution in [1.29, 1.82) is 5.41 Å². The number of benzene rings is 2. The summed E-state index contributed by atoms with van der Waals surface area (Å²) in [4.78, 5) is 4.44. The van der Waals surface area contributed by atoms with Gasteiger partial charge in [-0.3, -0.25) is 5.41 Å². The lowest BCUT2D eigenvalue weighted by atomic mass is 10.1. The molecule has 2 N–H and O–H groups in total. The molecule has 0 amide bonds. The van der Waals surface area contributed by atoms with Gasteiger partial charge in [-0.15, -0.1) is 12.4 Å². The molecule has 2 atom stereocenters. The summed E-state index contributed by atoms with van der Waals surface area (Å²) >= 11 is 0. The van der Waals surface area contributed by atoms with Gasteiger partial charge in [0, 0.05) is 18.7 Å². The summed E-state index contributed by atoms with van der Waals surface area (Å²) in [6.45, 7) is 10.6. The number of hydrogen-bond donors (Lipinski definition) is 2. The topological polar surface area (TPSA) is 50.6 Å². The van der Waals surface area contributed by atoms with Gasteiger partial charge in [0.25, 0.3) is 0 Å². The van der Waals surface area contributed by atoms with E-state index in [2.05, 4.69) is 80.8 Å². The number of nitrogens with zero attached hydrogens (tertiary/aromatic N) is 2. The fourth-order valence-corrected chi connectivity index (χ4v) is 4.27. The van der Waals surface area contributed by atoms with Crippen LogP contribution >= 0.6 is 12.4 Å². The highest BCUT2D eigenvalue weighted by Gasteiger charge is 2.43. The Bertz CT molecular complexity index is 796. The summed E-state index contributed by atoms with van der Waals surface area (Å²) in [6.07, 6.45) is 0.524. The van der Waals surface area contributed by atoms with E-state index in [1.54, 1.807) is 0 Å². The minimum Gasteiger partial charge on any atom is -0.396 e. The van der Waals surface area contributed by atoms with Crippen LogP contribution in [0.2, 0.25) is 0 Å². The zero-order valence-electron chi connectivity index (χ0n) is 16.8. The fourth-order valence-electron chi connectivity index (χ4n) is 4.27. The molecule has 0 aliphatic carbocycles. The van der Waals surface area contributed by atoms with E-state index in [1.165, 1.54) is 16.8 Å². The number of aryl methyl sites for hydroxylation is 4. The van der Waals surface area contributed by atoms with E-state index in [1.807, 2.05) is 0 Å². The van der Waals surface area contributed by atoms with Crippen LogP contribution in [0.3, 0.4) is 0 Å². The van der Waals surface area contributed by atoms with Crippen molar-refractivity contribution < 1.29 is 5.11 Å². The molecule has 27 heavy (non-hydrogen) atoms. The van der Waals surface area contributed by atoms with Gasteiger partial charge < -0.3 is 14.9 Å². The van der Waals surface area contributed by atoms with Gasteiger partial charge in [0.05, 0.1) is 11.7 Å². The standard InChI is InChI=1S/C22H29N3O.ClH/c1-14-8-6-9-15(2)20(14)24-18(5)22(23)25(19(24)12-13-26)21-16(3)10-7-11-17(21)4;/h6-11,18-19,23,26H,12-13H2,1-5H3;1H. The molecule has 3 rings (SSSR count). The maximum Gasteiger partial charge on any atom is 0.125 e. The highest BCUT2D eigenvalue weighted by atomic mass is 35.5. The zero-order chi connectivity index (χ0) is 19.0. The molecule has 5 heteroatoms. The lowest BCUT2D eigenvalue weighted by Crippen LogP contribution is -2.42. The molecule has 4 nitrogen and oxygen atoms in total. The molecule has 0 aromatic heterocycles. The van der Waals surface area contributed by atoms with Gasteiger partial charge >= 0.3 is 0 Å². The molecule has 146 valence electrons. The van der Waals surface area contributed by atoms with Crippen molar-refractivity contribution in [2.24, 2.45) is 0 Å². The number of rotatable bonds is 4. The molecule has 1 saturated heterocycles. The molecule has 0 bridgehead atoms. The molecule has 0 saturated carbocycles. The second-order valence-electron chi connectivity index (χ2n) is 7.31. The first-order valence-electron chi connectivity index (χ1n) is 9.27. The minimum absolute atomic E-state index is 0. The van der Waals surface area contributed by atoms with Crippen LogP contribution in [0, 0.1) is 33.1 Å². The summed E-state index contributed by atoms with van der Waals surface area (Å²) in [5.74, 6) is 0.587. The van der Waals surface area contributed by atoms with E-state index < -0.39 is 0 Å². The van der Waals surface area contributed by atoms with Crippen molar-refractivity contribution in [3.05, 3.63) is 58.7 Å². The van der Waals surface area contributed by atoms with E-state index >= 15 is 0 Å². The Kier molecular flexibility index (Phi) is 6.55. The zero-order valence-corrected chi connectivity index (χ0v) is 17.6. The molecule has 2 aromatic rings. The van der Waals surface area contributed by atoms with Crippen LogP contribution < -0.4 is 9.80 Å². The lowest BCUT2D eigenvalue weighted by Gasteiger charge is -2.35. The number of para-hydroxylation sites is 2. The Morgan fingerprint density at radius 1 is 0.889 bits per heavy atom. The van der Waals surface area contributed by atoms with Crippen molar-refractivity contribution in [3.63, 3.8) is 0 Å². The maximum atomic E-state index is 9.78. The number of aliphatic hydroxyl groups is 1. The first-order valence-corrected chi connectivity index (χ1v) is 9.27. The lowest BCUT2D eigenvalue weighted by molar-refractivity contribution is 0.276. The smallest absolute Gasteiger partial charge is 0.125 e. The third-order valence-electron chi connectivity index (χ3n) is 5.46. The molecule has 2 aromatic carbocycles. The van der Waals surface area contributed by atoms with Crippen molar-refractivity contribution in [1.82, 2.24) is 0 Å². The van der Waals surface area contributed by atoms with Gasteiger partial charge in [-0.1, -0.05) is 36.4 Å². The maximum absolute atomic E-state index is 9.78. The fraction of sp³-hybridized carbons (Fsp3) is 0.409. The van der Waals surface area contributed by atoms with Gasteiger partial charge in [0.1, 0.15) is 12.0 Å². The van der Waals surface area contributed by atoms with Gasteiger partial charge in [-0.05, 0) is 56.9 Å². The van der Waals surface area contributed by atoms with Crippen LogP contribution in [0.5, 0.6) is 0 Å². The molecular weight excluding hydrogens is 358 g/mol. The molecule has 1 fully saturated rings. The second-order valence-corrected chi connectivity index (χ2v) is 7.31. The Morgan fingerprint density at radius 2 is 1.33 bits per heavy atom. The predicted molar refractivity (Wildman–Crippen MR) is 117 cm³/mol. The van der Waals surface area contributed by atoms with Crippen molar-refractivity contribution in [2.45, 2.75) is 53.2 Å². The Morgan fingerprint density at radius 3 is 1.78 bits per heavy atom. The third kappa shape index (κ3) is 3.56. The van der Waals surface area contributed by atoms with Gasteiger partial charge in [0.2, 0.25) is 0 Å². The van der Waals surface area contributed by atoms with Crippen LogP contribution in [-0.4, -0.2) is 29.8 Å². The van der Waals surface area contributed by atoms with Crippen LogP contribution in [0.1, 0.15) is 35.6 Å². The first-order chi connectivity index (χ1) is 12.4. The number of anilines is 2. The van der Waals surface area contributed by atoms with E-state index in [9.17, 15) is 5.11 Å². The Hall–Kier alpha value is -2.04. The van der Waals surface area contributed by atoms with Crippen LogP contribution in [0.15, 0.2) is 36.4 Å². The van der Waals surface area contributed by atoms with E-state index in [4.69, 9.17) is 5.41 Å². The second kappa shape index (κ2) is 8.32. The monoisotopic (exact) mass is 387 g/mol. The summed E-state index contributed by atoms with van der Waals surface area (Å²) in [7, 11) is 0. The molecule has 2 unspecified atom stereocenters. The first kappa shape index (κ1) is 21.3. The summed E-state index contributed by atoms with van der Waals surface area (Å²) in [6, 6.07) is 12.5. The summed E-state index contributed by atoms with van der Waals surface area (Å²) < 4.78 is 0. The summed E-state index contributed by atoms with van der Waals surface area (Å²) in [5, 5.41) is 18.7. The summed E-state index contributed by atoms with van der Waals surface area (Å²) in [5.41, 5.74) is 7.00. The number of aliphatic hydroxyl groups excluding tert-OH is 1. The van der Waals surface area contributed by atoms with Gasteiger partial charge in [0.15, 0.2) is 0 Å². The number of nitrogens with one attached hydrogen (secondary N) is 1. The molecule has 1 aliphatic rings. The highest BCUT2D eigenvalue weighted by Crippen LogP contribution is 2.39. The van der Waals surface area contributed by atoms with Gasteiger partial charge in [-0.25, -0.2) is 0 Å². The average molecular weight is 388 g/mol. The van der Waals surface area contributed by atoms with Crippen molar-refractivity contribution >= 4 is 29.6 Å². The average Bonchev–Trinajstić information content (AvgIpc) is 2.81. The number of hydrogen-bond acceptors (Lipinski definition) is 3. The Balaban J connectivity index is 0.00000261. The van der Waals surface area contributed by atoms with Crippen molar-refractivity contribution in [2.75, 3.05) is 16.4 Å².